The molecule has 3 rings (SSSR count). The molecule has 3 heterocycles. The van der Waals surface area contributed by atoms with Gasteiger partial charge >= 0.3 is 6.03 Å². The van der Waals surface area contributed by atoms with Gasteiger partial charge in [0.05, 0.1) is 4.88 Å². The number of imide groups is 1. The summed E-state index contributed by atoms with van der Waals surface area (Å²) in [6, 6.07) is 2.38. The number of thiophene rings is 1. The molecule has 0 radical (unpaired) electrons. The van der Waals surface area contributed by atoms with Crippen molar-refractivity contribution in [2.24, 2.45) is 5.92 Å². The van der Waals surface area contributed by atoms with Crippen molar-refractivity contribution in [2.45, 2.75) is 38.3 Å². The SMILES string of the molecule is CC(C)C(NC(=O)c1cccs1)C(=O)N1CCC2(CC1)NC(=O)NC2=O. The first-order valence-corrected chi connectivity index (χ1v) is 9.47. The first-order valence-electron chi connectivity index (χ1n) is 8.59. The van der Waals surface area contributed by atoms with Gasteiger partial charge < -0.3 is 15.5 Å². The minimum Gasteiger partial charge on any atom is -0.341 e. The van der Waals surface area contributed by atoms with Crippen molar-refractivity contribution < 1.29 is 19.2 Å². The number of rotatable bonds is 4. The topological polar surface area (TPSA) is 108 Å². The molecule has 2 aliphatic rings. The highest BCUT2D eigenvalue weighted by atomic mass is 32.1. The van der Waals surface area contributed by atoms with Crippen LogP contribution in [-0.2, 0) is 9.59 Å². The van der Waals surface area contributed by atoms with Gasteiger partial charge in [-0.3, -0.25) is 19.7 Å². The number of piperidine rings is 1. The van der Waals surface area contributed by atoms with Crippen molar-refractivity contribution in [3.8, 4) is 0 Å². The van der Waals surface area contributed by atoms with Crippen molar-refractivity contribution in [3.63, 3.8) is 0 Å². The number of carbonyl (C=O) groups excluding carboxylic acids is 4. The number of nitrogens with zero attached hydrogens (tertiary/aromatic N) is 1. The smallest absolute Gasteiger partial charge is 0.322 e. The van der Waals surface area contributed by atoms with Gasteiger partial charge in [-0.15, -0.1) is 11.3 Å². The number of urea groups is 1. The van der Waals surface area contributed by atoms with E-state index in [4.69, 9.17) is 0 Å². The van der Waals surface area contributed by atoms with E-state index in [0.717, 1.165) is 0 Å². The molecule has 3 N–H and O–H groups in total. The van der Waals surface area contributed by atoms with Crippen LogP contribution in [0.3, 0.4) is 0 Å². The van der Waals surface area contributed by atoms with Crippen LogP contribution >= 0.6 is 11.3 Å². The van der Waals surface area contributed by atoms with Crippen molar-refractivity contribution in [2.75, 3.05) is 13.1 Å². The third kappa shape index (κ3) is 3.44. The maximum Gasteiger partial charge on any atom is 0.322 e. The Hall–Kier alpha value is -2.42. The van der Waals surface area contributed by atoms with Crippen LogP contribution in [0.2, 0.25) is 0 Å². The van der Waals surface area contributed by atoms with Gasteiger partial charge in [-0.1, -0.05) is 19.9 Å². The van der Waals surface area contributed by atoms with Crippen LogP contribution in [0.4, 0.5) is 4.79 Å². The zero-order valence-corrected chi connectivity index (χ0v) is 15.5. The average molecular weight is 378 g/mol. The van der Waals surface area contributed by atoms with Crippen LogP contribution < -0.4 is 16.0 Å². The van der Waals surface area contributed by atoms with E-state index in [1.807, 2.05) is 19.2 Å². The van der Waals surface area contributed by atoms with Gasteiger partial charge in [-0.25, -0.2) is 4.79 Å². The molecule has 0 saturated carbocycles. The molecule has 0 aliphatic carbocycles. The van der Waals surface area contributed by atoms with Gasteiger partial charge in [-0.05, 0) is 30.2 Å². The van der Waals surface area contributed by atoms with Gasteiger partial charge in [0.2, 0.25) is 5.91 Å². The molecule has 2 saturated heterocycles. The fourth-order valence-electron chi connectivity index (χ4n) is 3.32. The lowest BCUT2D eigenvalue weighted by atomic mass is 9.87. The van der Waals surface area contributed by atoms with E-state index in [-0.39, 0.29) is 23.6 Å². The number of carbonyl (C=O) groups is 4. The summed E-state index contributed by atoms with van der Waals surface area (Å²) in [5.74, 6) is -0.828. The second kappa shape index (κ2) is 7.06. The van der Waals surface area contributed by atoms with E-state index in [2.05, 4.69) is 16.0 Å². The standard InChI is InChI=1S/C17H22N4O4S/c1-10(2)12(18-13(22)11-4-3-9-26-11)14(23)21-7-5-17(6-8-21)15(24)19-16(25)20-17/h3-4,9-10,12H,5-8H2,1-2H3,(H,18,22)(H2,19,20,24,25). The molecule has 0 aromatic carbocycles. The molecule has 140 valence electrons. The number of likely N-dealkylation sites (tertiary alicyclic amines) is 1. The molecular weight excluding hydrogens is 356 g/mol. The molecule has 8 nitrogen and oxygen atoms in total. The summed E-state index contributed by atoms with van der Waals surface area (Å²) in [7, 11) is 0. The van der Waals surface area contributed by atoms with Crippen molar-refractivity contribution in [1.29, 1.82) is 0 Å². The highest BCUT2D eigenvalue weighted by Crippen LogP contribution is 2.26. The molecule has 1 spiro atoms. The zero-order valence-electron chi connectivity index (χ0n) is 14.7. The van der Waals surface area contributed by atoms with Crippen LogP contribution in [-0.4, -0.2) is 53.3 Å². The lowest BCUT2D eigenvalue weighted by molar-refractivity contribution is -0.138. The van der Waals surface area contributed by atoms with Crippen LogP contribution in [0.5, 0.6) is 0 Å². The van der Waals surface area contributed by atoms with Crippen LogP contribution in [0, 0.1) is 5.92 Å². The fourth-order valence-corrected chi connectivity index (χ4v) is 3.95. The first-order chi connectivity index (χ1) is 12.3. The first kappa shape index (κ1) is 18.4. The largest absolute Gasteiger partial charge is 0.341 e. The lowest BCUT2D eigenvalue weighted by Crippen LogP contribution is -2.59. The minimum absolute atomic E-state index is 0.0724. The van der Waals surface area contributed by atoms with Gasteiger partial charge in [0.25, 0.3) is 11.8 Å². The third-order valence-corrected chi connectivity index (χ3v) is 5.78. The maximum atomic E-state index is 12.9. The molecule has 9 heteroatoms. The Morgan fingerprint density at radius 2 is 1.96 bits per heavy atom. The average Bonchev–Trinajstić information content (AvgIpc) is 3.21. The summed E-state index contributed by atoms with van der Waals surface area (Å²) in [5.41, 5.74) is -0.915. The van der Waals surface area contributed by atoms with Crippen molar-refractivity contribution in [3.05, 3.63) is 22.4 Å². The third-order valence-electron chi connectivity index (χ3n) is 4.91. The van der Waals surface area contributed by atoms with E-state index < -0.39 is 17.6 Å². The number of hydrogen-bond donors (Lipinski definition) is 3. The molecule has 1 unspecified atom stereocenters. The summed E-state index contributed by atoms with van der Waals surface area (Å²) < 4.78 is 0. The summed E-state index contributed by atoms with van der Waals surface area (Å²) >= 11 is 1.32. The number of nitrogens with one attached hydrogen (secondary N) is 3. The van der Waals surface area contributed by atoms with Crippen LogP contribution in [0.25, 0.3) is 0 Å². The summed E-state index contributed by atoms with van der Waals surface area (Å²) in [5, 5.41) is 9.57. The molecule has 1 aromatic heterocycles. The Labute approximate surface area is 155 Å². The Bertz CT molecular complexity index is 723. The normalized spacial score (nSPS) is 20.0. The Balaban J connectivity index is 1.64. The van der Waals surface area contributed by atoms with Gasteiger partial charge in [0, 0.05) is 13.1 Å². The van der Waals surface area contributed by atoms with E-state index in [9.17, 15) is 19.2 Å². The second-order valence-electron chi connectivity index (χ2n) is 6.99. The molecule has 26 heavy (non-hydrogen) atoms. The number of amides is 5. The van der Waals surface area contributed by atoms with Crippen molar-refractivity contribution >= 4 is 35.1 Å². The molecule has 1 atom stereocenters. The van der Waals surface area contributed by atoms with E-state index in [0.29, 0.717) is 30.8 Å². The van der Waals surface area contributed by atoms with E-state index >= 15 is 0 Å². The van der Waals surface area contributed by atoms with Crippen LogP contribution in [0.1, 0.15) is 36.4 Å². The minimum atomic E-state index is -0.915. The Kier molecular flexibility index (Phi) is 4.99. The monoisotopic (exact) mass is 378 g/mol. The summed E-state index contributed by atoms with van der Waals surface area (Å²) in [6.07, 6.45) is 0.722. The Morgan fingerprint density at radius 3 is 2.46 bits per heavy atom. The fraction of sp³-hybridized carbons (Fsp3) is 0.529. The molecule has 5 amide bonds. The lowest BCUT2D eigenvalue weighted by Gasteiger charge is -2.39. The molecule has 1 aromatic rings. The van der Waals surface area contributed by atoms with Crippen molar-refractivity contribution in [1.82, 2.24) is 20.9 Å². The van der Waals surface area contributed by atoms with E-state index in [1.54, 1.807) is 17.0 Å². The summed E-state index contributed by atoms with van der Waals surface area (Å²) in [6.45, 7) is 4.47. The number of hydrogen-bond acceptors (Lipinski definition) is 5. The van der Waals surface area contributed by atoms with E-state index in [1.165, 1.54) is 11.3 Å². The molecular formula is C17H22N4O4S. The van der Waals surface area contributed by atoms with Gasteiger partial charge in [0.1, 0.15) is 11.6 Å². The Morgan fingerprint density at radius 1 is 1.27 bits per heavy atom. The predicted molar refractivity (Wildman–Crippen MR) is 95.6 cm³/mol. The maximum absolute atomic E-state index is 12.9. The highest BCUT2D eigenvalue weighted by molar-refractivity contribution is 7.12. The highest BCUT2D eigenvalue weighted by Gasteiger charge is 2.48. The molecule has 2 fully saturated rings. The van der Waals surface area contributed by atoms with Crippen LogP contribution in [0.15, 0.2) is 17.5 Å². The quantitative estimate of drug-likeness (QED) is 0.671. The van der Waals surface area contributed by atoms with Gasteiger partial charge in [-0.2, -0.15) is 0 Å². The zero-order chi connectivity index (χ0) is 18.9. The second-order valence-corrected chi connectivity index (χ2v) is 7.94. The predicted octanol–water partition coefficient (Wildman–Crippen LogP) is 0.703. The molecule has 2 aliphatic heterocycles. The van der Waals surface area contributed by atoms with Gasteiger partial charge in [0.15, 0.2) is 0 Å². The summed E-state index contributed by atoms with van der Waals surface area (Å²) in [4.78, 5) is 50.9. The molecule has 0 bridgehead atoms.